The third-order valence-corrected chi connectivity index (χ3v) is 5.97. The molecule has 1 aliphatic rings. The SMILES string of the molecule is Cc1ccc(-n2c(SCC(=O)N3CC(C)OC(C)C3)nnc2-c2ccccc2)cc1. The van der Waals surface area contributed by atoms with Gasteiger partial charge in [-0.05, 0) is 32.9 Å². The van der Waals surface area contributed by atoms with Crippen LogP contribution in [0.1, 0.15) is 19.4 Å². The molecule has 1 aliphatic heterocycles. The van der Waals surface area contributed by atoms with Gasteiger partial charge in [0, 0.05) is 24.3 Å². The molecule has 1 aromatic heterocycles. The molecule has 2 atom stereocenters. The maximum Gasteiger partial charge on any atom is 0.233 e. The van der Waals surface area contributed by atoms with Crippen molar-refractivity contribution < 1.29 is 9.53 Å². The zero-order valence-corrected chi connectivity index (χ0v) is 18.3. The largest absolute Gasteiger partial charge is 0.372 e. The highest BCUT2D eigenvalue weighted by Crippen LogP contribution is 2.28. The van der Waals surface area contributed by atoms with Gasteiger partial charge in [-0.3, -0.25) is 9.36 Å². The number of carbonyl (C=O) groups excluding carboxylic acids is 1. The summed E-state index contributed by atoms with van der Waals surface area (Å²) in [5.41, 5.74) is 3.15. The first kappa shape index (κ1) is 20.6. The van der Waals surface area contributed by atoms with Crippen molar-refractivity contribution in [1.29, 1.82) is 0 Å². The molecule has 3 aromatic rings. The fourth-order valence-electron chi connectivity index (χ4n) is 3.66. The van der Waals surface area contributed by atoms with Crippen LogP contribution in [0.3, 0.4) is 0 Å². The molecular formula is C23H26N4O2S. The third kappa shape index (κ3) is 4.57. The molecule has 1 amide bonds. The number of amides is 1. The molecule has 2 aromatic carbocycles. The number of nitrogens with zero attached hydrogens (tertiary/aromatic N) is 4. The van der Waals surface area contributed by atoms with E-state index in [0.717, 1.165) is 17.1 Å². The summed E-state index contributed by atoms with van der Waals surface area (Å²) in [6.07, 6.45) is 0.118. The van der Waals surface area contributed by atoms with E-state index in [1.807, 2.05) is 53.6 Å². The molecule has 0 spiro atoms. The molecule has 2 unspecified atom stereocenters. The minimum Gasteiger partial charge on any atom is -0.372 e. The van der Waals surface area contributed by atoms with Gasteiger partial charge in [-0.1, -0.05) is 59.8 Å². The van der Waals surface area contributed by atoms with Gasteiger partial charge >= 0.3 is 0 Å². The van der Waals surface area contributed by atoms with E-state index in [1.54, 1.807) is 0 Å². The van der Waals surface area contributed by atoms with Gasteiger partial charge in [0.25, 0.3) is 0 Å². The van der Waals surface area contributed by atoms with E-state index in [1.165, 1.54) is 17.3 Å². The molecule has 30 heavy (non-hydrogen) atoms. The van der Waals surface area contributed by atoms with Crippen molar-refractivity contribution in [3.05, 3.63) is 60.2 Å². The minimum atomic E-state index is 0.0589. The number of thioether (sulfide) groups is 1. The molecule has 1 fully saturated rings. The highest BCUT2D eigenvalue weighted by molar-refractivity contribution is 7.99. The number of aromatic nitrogens is 3. The number of hydrogen-bond acceptors (Lipinski definition) is 5. The fourth-order valence-corrected chi connectivity index (χ4v) is 4.52. The zero-order chi connectivity index (χ0) is 21.1. The summed E-state index contributed by atoms with van der Waals surface area (Å²) in [6.45, 7) is 7.33. The minimum absolute atomic E-state index is 0.0589. The summed E-state index contributed by atoms with van der Waals surface area (Å²) < 4.78 is 7.77. The lowest BCUT2D eigenvalue weighted by Gasteiger charge is -2.35. The van der Waals surface area contributed by atoms with Crippen molar-refractivity contribution in [2.75, 3.05) is 18.8 Å². The van der Waals surface area contributed by atoms with E-state index in [9.17, 15) is 4.79 Å². The monoisotopic (exact) mass is 422 g/mol. The molecular weight excluding hydrogens is 396 g/mol. The van der Waals surface area contributed by atoms with E-state index in [-0.39, 0.29) is 18.1 Å². The summed E-state index contributed by atoms with van der Waals surface area (Å²) >= 11 is 1.42. The molecule has 0 saturated carbocycles. The summed E-state index contributed by atoms with van der Waals surface area (Å²) in [7, 11) is 0. The molecule has 156 valence electrons. The van der Waals surface area contributed by atoms with Gasteiger partial charge in [-0.15, -0.1) is 10.2 Å². The summed E-state index contributed by atoms with van der Waals surface area (Å²) in [6, 6.07) is 18.2. The molecule has 7 heteroatoms. The maximum atomic E-state index is 12.8. The van der Waals surface area contributed by atoms with E-state index in [0.29, 0.717) is 24.0 Å². The molecule has 6 nitrogen and oxygen atoms in total. The number of morpholine rings is 1. The lowest BCUT2D eigenvalue weighted by molar-refractivity contribution is -0.140. The molecule has 1 saturated heterocycles. The number of rotatable bonds is 5. The van der Waals surface area contributed by atoms with Gasteiger partial charge < -0.3 is 9.64 Å². The van der Waals surface area contributed by atoms with Crippen LogP contribution in [0.2, 0.25) is 0 Å². The third-order valence-electron chi connectivity index (χ3n) is 5.05. The second-order valence-electron chi connectivity index (χ2n) is 7.69. The van der Waals surface area contributed by atoms with Crippen LogP contribution in [-0.2, 0) is 9.53 Å². The van der Waals surface area contributed by atoms with Crippen LogP contribution in [0.4, 0.5) is 0 Å². The average Bonchev–Trinajstić information content (AvgIpc) is 3.16. The van der Waals surface area contributed by atoms with Crippen LogP contribution in [0, 0.1) is 6.92 Å². The topological polar surface area (TPSA) is 60.2 Å². The lowest BCUT2D eigenvalue weighted by Crippen LogP contribution is -2.48. The van der Waals surface area contributed by atoms with E-state index < -0.39 is 0 Å². The Morgan fingerprint density at radius 2 is 1.70 bits per heavy atom. The van der Waals surface area contributed by atoms with Crippen molar-refractivity contribution in [3.8, 4) is 17.1 Å². The highest BCUT2D eigenvalue weighted by Gasteiger charge is 2.26. The van der Waals surface area contributed by atoms with Gasteiger partial charge in [0.15, 0.2) is 11.0 Å². The van der Waals surface area contributed by atoms with Gasteiger partial charge in [0.2, 0.25) is 5.91 Å². The standard InChI is InChI=1S/C23H26N4O2S/c1-16-9-11-20(12-10-16)27-22(19-7-5-4-6-8-19)24-25-23(27)30-15-21(28)26-13-17(2)29-18(3)14-26/h4-12,17-18H,13-15H2,1-3H3. The molecule has 2 heterocycles. The highest BCUT2D eigenvalue weighted by atomic mass is 32.2. The quantitative estimate of drug-likeness (QED) is 0.582. The van der Waals surface area contributed by atoms with Crippen LogP contribution < -0.4 is 0 Å². The van der Waals surface area contributed by atoms with Crippen LogP contribution in [0.15, 0.2) is 59.8 Å². The molecule has 0 aliphatic carbocycles. The van der Waals surface area contributed by atoms with Crippen LogP contribution in [0.25, 0.3) is 17.1 Å². The first-order chi connectivity index (χ1) is 14.5. The number of ether oxygens (including phenoxy) is 1. The smallest absolute Gasteiger partial charge is 0.233 e. The van der Waals surface area contributed by atoms with E-state index in [2.05, 4.69) is 41.4 Å². The molecule has 4 rings (SSSR count). The second-order valence-corrected chi connectivity index (χ2v) is 8.63. The van der Waals surface area contributed by atoms with E-state index in [4.69, 9.17) is 4.74 Å². The van der Waals surface area contributed by atoms with Crippen molar-refractivity contribution in [1.82, 2.24) is 19.7 Å². The van der Waals surface area contributed by atoms with Gasteiger partial charge in [-0.2, -0.15) is 0 Å². The zero-order valence-electron chi connectivity index (χ0n) is 17.5. The summed E-state index contributed by atoms with van der Waals surface area (Å²) in [5, 5.41) is 9.57. The van der Waals surface area contributed by atoms with Crippen molar-refractivity contribution in [2.45, 2.75) is 38.1 Å². The van der Waals surface area contributed by atoms with Crippen LogP contribution in [0.5, 0.6) is 0 Å². The summed E-state index contributed by atoms with van der Waals surface area (Å²) in [4.78, 5) is 14.7. The fraction of sp³-hybridized carbons (Fsp3) is 0.348. The number of aryl methyl sites for hydroxylation is 1. The Labute approximate surface area is 181 Å². The van der Waals surface area contributed by atoms with Gasteiger partial charge in [0.05, 0.1) is 18.0 Å². The van der Waals surface area contributed by atoms with Crippen LogP contribution in [-0.4, -0.2) is 56.6 Å². The Morgan fingerprint density at radius 3 is 2.37 bits per heavy atom. The van der Waals surface area contributed by atoms with Gasteiger partial charge in [0.1, 0.15) is 0 Å². The Bertz CT molecular complexity index is 994. The summed E-state index contributed by atoms with van der Waals surface area (Å²) in [5.74, 6) is 1.18. The molecule has 0 bridgehead atoms. The number of benzene rings is 2. The predicted molar refractivity (Wildman–Crippen MR) is 119 cm³/mol. The maximum absolute atomic E-state index is 12.8. The first-order valence-electron chi connectivity index (χ1n) is 10.1. The Morgan fingerprint density at radius 1 is 1.03 bits per heavy atom. The van der Waals surface area contributed by atoms with Crippen molar-refractivity contribution in [2.24, 2.45) is 0 Å². The van der Waals surface area contributed by atoms with E-state index >= 15 is 0 Å². The number of carbonyl (C=O) groups is 1. The normalized spacial score (nSPS) is 19.1. The number of hydrogen-bond donors (Lipinski definition) is 0. The Balaban J connectivity index is 1.59. The predicted octanol–water partition coefficient (Wildman–Crippen LogP) is 3.97. The first-order valence-corrected chi connectivity index (χ1v) is 11.1. The van der Waals surface area contributed by atoms with Crippen molar-refractivity contribution >= 4 is 17.7 Å². The molecule has 0 radical (unpaired) electrons. The van der Waals surface area contributed by atoms with Crippen molar-refractivity contribution in [3.63, 3.8) is 0 Å². The molecule has 0 N–H and O–H groups in total. The van der Waals surface area contributed by atoms with Gasteiger partial charge in [-0.25, -0.2) is 0 Å². The Hall–Kier alpha value is -2.64. The second kappa shape index (κ2) is 9.02. The Kier molecular flexibility index (Phi) is 6.20. The lowest BCUT2D eigenvalue weighted by atomic mass is 10.2. The average molecular weight is 423 g/mol. The van der Waals surface area contributed by atoms with Crippen LogP contribution >= 0.6 is 11.8 Å².